The van der Waals surface area contributed by atoms with Gasteiger partial charge in [-0.3, -0.25) is 0 Å². The number of benzene rings is 1. The van der Waals surface area contributed by atoms with Crippen LogP contribution in [0.15, 0.2) is 30.3 Å². The zero-order valence-corrected chi connectivity index (χ0v) is 11.8. The van der Waals surface area contributed by atoms with Crippen molar-refractivity contribution in [2.45, 2.75) is 0 Å². The summed E-state index contributed by atoms with van der Waals surface area (Å²) in [5.74, 6) is 0. The summed E-state index contributed by atoms with van der Waals surface area (Å²) in [6, 6.07) is 12.5. The van der Waals surface area contributed by atoms with Crippen LogP contribution in [0.4, 0.5) is 0 Å². The summed E-state index contributed by atoms with van der Waals surface area (Å²) < 4.78 is 0. The maximum Gasteiger partial charge on any atom is -0.171 e. The average Bonchev–Trinajstić information content (AvgIpc) is 1.88. The normalized spacial score (nSPS) is 10.3. The van der Waals surface area contributed by atoms with Gasteiger partial charge in [-0.15, -0.1) is 0 Å². The largest absolute Gasteiger partial charge is 0.693 e. The molecule has 0 aromatic heterocycles. The molecule has 0 aliphatic rings. The van der Waals surface area contributed by atoms with Gasteiger partial charge in [0, 0.05) is 0 Å². The minimum atomic E-state index is -3.28. The molecule has 0 bridgehead atoms. The second kappa shape index (κ2) is 8.62. The molecule has 0 heterocycles. The van der Waals surface area contributed by atoms with E-state index >= 15 is 0 Å². The van der Waals surface area contributed by atoms with Crippen molar-refractivity contribution in [3.05, 3.63) is 42.5 Å². The molecule has 12 heavy (non-hydrogen) atoms. The van der Waals surface area contributed by atoms with Crippen LogP contribution >= 0.6 is 37.7 Å². The Morgan fingerprint density at radius 1 is 0.833 bits per heavy atom. The van der Waals surface area contributed by atoms with Crippen molar-refractivity contribution in [1.82, 2.24) is 0 Å². The number of nitrogens with two attached hydrogens (primary N) is 1. The summed E-state index contributed by atoms with van der Waals surface area (Å²) in [6.45, 7) is 0. The molecule has 0 saturated carbocycles. The molecule has 2 N–H and O–H groups in total. The van der Waals surface area contributed by atoms with E-state index in [4.69, 9.17) is 37.7 Å². The van der Waals surface area contributed by atoms with Gasteiger partial charge in [-0.25, -0.2) is 0 Å². The van der Waals surface area contributed by atoms with E-state index < -0.39 is 11.9 Å². The van der Waals surface area contributed by atoms with Crippen LogP contribution in [-0.4, -0.2) is 0 Å². The van der Waals surface area contributed by atoms with Gasteiger partial charge in [-0.2, -0.15) is 36.4 Å². The van der Waals surface area contributed by atoms with Crippen molar-refractivity contribution in [2.24, 2.45) is 0 Å². The van der Waals surface area contributed by atoms with Gasteiger partial charge < -0.3 is 6.15 Å². The predicted octanol–water partition coefficient (Wildman–Crippen LogP) is 4.96. The van der Waals surface area contributed by atoms with Crippen LogP contribution in [-0.2, 0) is 11.9 Å². The first-order valence-corrected chi connectivity index (χ1v) is 17.1. The van der Waals surface area contributed by atoms with E-state index in [-0.39, 0.29) is 6.15 Å². The van der Waals surface area contributed by atoms with Crippen LogP contribution in [0.2, 0.25) is 0 Å². The Balaban J connectivity index is 0. The van der Waals surface area contributed by atoms with Crippen LogP contribution in [0.5, 0.6) is 0 Å². The van der Waals surface area contributed by atoms with Crippen LogP contribution in [0.25, 0.3) is 6.15 Å². The molecular weight excluding hydrogens is 412 g/mol. The fourth-order valence-corrected chi connectivity index (χ4v) is 0.342. The van der Waals surface area contributed by atoms with Crippen LogP contribution in [0, 0.1) is 6.07 Å². The Kier molecular flexibility index (Phi) is 11.1. The molecule has 1 aromatic rings. The summed E-state index contributed by atoms with van der Waals surface area (Å²) in [5.41, 5.74) is 0. The number of hydrogen-bond acceptors (Lipinski definition) is 0. The second-order valence-corrected chi connectivity index (χ2v) is 26.9. The fraction of sp³-hybridized carbons (Fsp3) is 0. The molecule has 0 aliphatic heterocycles. The Hall–Kier alpha value is 1.03. The monoisotopic (exact) mass is 417 g/mol. The molecule has 0 saturated heterocycles. The van der Waals surface area contributed by atoms with Gasteiger partial charge >= 0.3 is 49.6 Å². The molecule has 0 unspecified atom stereocenters. The van der Waals surface area contributed by atoms with E-state index in [2.05, 4.69) is 6.07 Å². The molecule has 6 heteroatoms. The molecule has 0 aliphatic carbocycles. The van der Waals surface area contributed by atoms with E-state index in [0.29, 0.717) is 0 Å². The molecule has 1 nitrogen and oxygen atoms in total. The maximum atomic E-state index is 5.03. The van der Waals surface area contributed by atoms with Gasteiger partial charge in [0.15, 0.2) is 0 Å². The topological polar surface area (TPSA) is 33.5 Å². The van der Waals surface area contributed by atoms with Crippen molar-refractivity contribution in [3.63, 3.8) is 0 Å². The molecule has 0 spiro atoms. The van der Waals surface area contributed by atoms with Gasteiger partial charge in [-0.1, -0.05) is 0 Å². The van der Waals surface area contributed by atoms with E-state index in [9.17, 15) is 0 Å². The van der Waals surface area contributed by atoms with Crippen molar-refractivity contribution < 1.29 is 11.9 Å². The van der Waals surface area contributed by atoms with Gasteiger partial charge in [-0.05, 0) is 0 Å². The van der Waals surface area contributed by atoms with E-state index in [0.717, 1.165) is 0 Å². The summed E-state index contributed by atoms with van der Waals surface area (Å²) >= 11 is -3.28. The zero-order chi connectivity index (χ0) is 8.74. The molecule has 1 rings (SSSR count). The molecule has 1 aromatic carbocycles. The summed E-state index contributed by atoms with van der Waals surface area (Å²) in [5, 5.41) is 0. The van der Waals surface area contributed by atoms with Gasteiger partial charge in [0.25, 0.3) is 0 Å². The smallest absolute Gasteiger partial charge is 0.171 e. The quantitative estimate of drug-likeness (QED) is 0.534. The molecule has 0 amide bonds. The number of rotatable bonds is 0. The standard InChI is InChI=1S/C6H5.4ClH.H2N.W/c1-2-4-6-5-3-1;;;;;;/h1-5H;4*1H;1H2;/q-1;;;;;-1;+4/p-4. The third-order valence-corrected chi connectivity index (χ3v) is 0.607. The predicted molar refractivity (Wildman–Crippen MR) is 54.0 cm³/mol. The fourth-order valence-electron chi connectivity index (χ4n) is 0.342. The van der Waals surface area contributed by atoms with Crippen LogP contribution < -0.4 is 0 Å². The Morgan fingerprint density at radius 2 is 1.17 bits per heavy atom. The SMILES string of the molecule is [Cl][W]([Cl])([Cl])[Cl].[NH2-].[c-]1ccccc1. The van der Waals surface area contributed by atoms with E-state index in [1.165, 1.54) is 0 Å². The Morgan fingerprint density at radius 3 is 1.25 bits per heavy atom. The third-order valence-electron chi connectivity index (χ3n) is 0.607. The first-order chi connectivity index (χ1) is 5.00. The van der Waals surface area contributed by atoms with Crippen LogP contribution in [0.1, 0.15) is 0 Å². The molecule has 0 atom stereocenters. The van der Waals surface area contributed by atoms with Gasteiger partial charge in [0.1, 0.15) is 0 Å². The number of hydrogen-bond donors (Lipinski definition) is 0. The first kappa shape index (κ1) is 15.5. The van der Waals surface area contributed by atoms with Gasteiger partial charge in [0.05, 0.1) is 0 Å². The number of halogens is 4. The molecule has 0 radical (unpaired) electrons. The summed E-state index contributed by atoms with van der Waals surface area (Å²) in [7, 11) is 20.1. The van der Waals surface area contributed by atoms with E-state index in [1.807, 2.05) is 30.3 Å². The van der Waals surface area contributed by atoms with Crippen molar-refractivity contribution in [3.8, 4) is 0 Å². The minimum Gasteiger partial charge on any atom is -0.693 e. The minimum absolute atomic E-state index is 0. The van der Waals surface area contributed by atoms with E-state index in [1.54, 1.807) is 0 Å². The Bertz CT molecular complexity index is 144. The third kappa shape index (κ3) is 22.5. The van der Waals surface area contributed by atoms with Crippen LogP contribution in [0.3, 0.4) is 0 Å². The molecule has 0 fully saturated rings. The summed E-state index contributed by atoms with van der Waals surface area (Å²) in [6.07, 6.45) is 0. The average molecular weight is 419 g/mol. The van der Waals surface area contributed by atoms with Gasteiger partial charge in [0.2, 0.25) is 0 Å². The zero-order valence-electron chi connectivity index (χ0n) is 5.88. The van der Waals surface area contributed by atoms with Crippen molar-refractivity contribution in [1.29, 1.82) is 0 Å². The summed E-state index contributed by atoms with van der Waals surface area (Å²) in [4.78, 5) is 0. The molecular formula is C6H7Cl4NW-2. The van der Waals surface area contributed by atoms with Crippen molar-refractivity contribution in [2.75, 3.05) is 0 Å². The van der Waals surface area contributed by atoms with Crippen molar-refractivity contribution >= 4 is 37.7 Å². The maximum absolute atomic E-state index is 5.03. The second-order valence-electron chi connectivity index (χ2n) is 1.43. The Labute approximate surface area is 91.4 Å². The molecule has 72 valence electrons. The first-order valence-electron chi connectivity index (χ1n) is 2.53.